The number of nitrogens with zero attached hydrogens (tertiary/aromatic N) is 2. The van der Waals surface area contributed by atoms with Crippen molar-refractivity contribution in [3.8, 4) is 33.0 Å². The van der Waals surface area contributed by atoms with Gasteiger partial charge in [0.25, 0.3) is 0 Å². The number of hydrogen-bond acceptors (Lipinski definition) is 4. The molecule has 0 atom stereocenters. The Morgan fingerprint density at radius 3 is 2.41 bits per heavy atom. The lowest BCUT2D eigenvalue weighted by Crippen LogP contribution is -1.95. The summed E-state index contributed by atoms with van der Waals surface area (Å²) in [4.78, 5) is 20.0. The first-order valence-corrected chi connectivity index (χ1v) is 9.37. The van der Waals surface area contributed by atoms with Crippen LogP contribution in [0.15, 0.2) is 72.2 Å². The third-order valence-electron chi connectivity index (χ3n) is 4.08. The van der Waals surface area contributed by atoms with E-state index in [1.54, 1.807) is 30.5 Å². The number of halogens is 1. The van der Waals surface area contributed by atoms with Crippen LogP contribution in [0.2, 0.25) is 5.15 Å². The molecule has 4 nitrogen and oxygen atoms in total. The third kappa shape index (κ3) is 3.74. The van der Waals surface area contributed by atoms with E-state index in [2.05, 4.69) is 4.98 Å². The molecule has 0 fully saturated rings. The summed E-state index contributed by atoms with van der Waals surface area (Å²) in [5, 5.41) is 12.5. The summed E-state index contributed by atoms with van der Waals surface area (Å²) in [6.07, 6.45) is 1.71. The number of thiazole rings is 1. The number of carboxylic acids is 1. The van der Waals surface area contributed by atoms with E-state index in [0.717, 1.165) is 33.0 Å². The van der Waals surface area contributed by atoms with E-state index in [-0.39, 0.29) is 5.56 Å². The molecule has 4 aromatic rings. The predicted molar refractivity (Wildman–Crippen MR) is 108 cm³/mol. The Balaban J connectivity index is 1.68. The minimum Gasteiger partial charge on any atom is -0.478 e. The Kier molecular flexibility index (Phi) is 4.71. The van der Waals surface area contributed by atoms with E-state index in [0.29, 0.717) is 5.15 Å². The summed E-state index contributed by atoms with van der Waals surface area (Å²) in [7, 11) is 0. The Hall–Kier alpha value is -3.02. The van der Waals surface area contributed by atoms with E-state index in [9.17, 15) is 9.90 Å². The molecule has 2 aromatic heterocycles. The molecule has 0 unspecified atom stereocenters. The van der Waals surface area contributed by atoms with Crippen molar-refractivity contribution in [3.05, 3.63) is 83.0 Å². The van der Waals surface area contributed by atoms with Crippen molar-refractivity contribution in [2.24, 2.45) is 0 Å². The molecule has 132 valence electrons. The maximum atomic E-state index is 11.2. The van der Waals surface area contributed by atoms with Gasteiger partial charge in [0, 0.05) is 22.7 Å². The first-order chi connectivity index (χ1) is 13.1. The molecule has 0 amide bonds. The quantitative estimate of drug-likeness (QED) is 0.440. The Morgan fingerprint density at radius 2 is 1.67 bits per heavy atom. The van der Waals surface area contributed by atoms with Gasteiger partial charge >= 0.3 is 5.97 Å². The number of carbonyl (C=O) groups is 1. The monoisotopic (exact) mass is 392 g/mol. The van der Waals surface area contributed by atoms with Crippen LogP contribution in [-0.4, -0.2) is 21.0 Å². The molecule has 0 aliphatic rings. The number of carboxylic acid groups (broad SMARTS) is 1. The van der Waals surface area contributed by atoms with Crippen molar-refractivity contribution in [3.63, 3.8) is 0 Å². The molecule has 0 bridgehead atoms. The molecule has 6 heteroatoms. The van der Waals surface area contributed by atoms with E-state index in [1.807, 2.05) is 41.8 Å². The molecule has 0 saturated carbocycles. The van der Waals surface area contributed by atoms with Crippen LogP contribution in [0.3, 0.4) is 0 Å². The van der Waals surface area contributed by atoms with Gasteiger partial charge in [0.2, 0.25) is 0 Å². The molecule has 0 aliphatic carbocycles. The van der Waals surface area contributed by atoms with Crippen molar-refractivity contribution in [2.45, 2.75) is 0 Å². The highest BCUT2D eigenvalue weighted by Gasteiger charge is 2.09. The van der Waals surface area contributed by atoms with Crippen LogP contribution in [0.5, 0.6) is 0 Å². The van der Waals surface area contributed by atoms with Gasteiger partial charge in [-0.15, -0.1) is 11.3 Å². The van der Waals surface area contributed by atoms with Crippen LogP contribution in [0.1, 0.15) is 10.4 Å². The van der Waals surface area contributed by atoms with Crippen LogP contribution in [0.25, 0.3) is 33.0 Å². The maximum Gasteiger partial charge on any atom is 0.335 e. The summed E-state index contributed by atoms with van der Waals surface area (Å²) >= 11 is 7.38. The van der Waals surface area contributed by atoms with Crippen molar-refractivity contribution < 1.29 is 9.90 Å². The average molecular weight is 393 g/mol. The molecule has 2 heterocycles. The largest absolute Gasteiger partial charge is 0.478 e. The second-order valence-electron chi connectivity index (χ2n) is 5.87. The van der Waals surface area contributed by atoms with Gasteiger partial charge in [-0.1, -0.05) is 41.9 Å². The van der Waals surface area contributed by atoms with Gasteiger partial charge < -0.3 is 5.11 Å². The lowest BCUT2D eigenvalue weighted by molar-refractivity contribution is 0.0697. The summed E-state index contributed by atoms with van der Waals surface area (Å²) in [5.41, 5.74) is 4.82. The number of rotatable bonds is 4. The summed E-state index contributed by atoms with van der Waals surface area (Å²) in [6.45, 7) is 0. The highest BCUT2D eigenvalue weighted by Crippen LogP contribution is 2.31. The van der Waals surface area contributed by atoms with Gasteiger partial charge in [-0.05, 0) is 41.5 Å². The highest BCUT2D eigenvalue weighted by atomic mass is 35.5. The van der Waals surface area contributed by atoms with Gasteiger partial charge in [-0.3, -0.25) is 0 Å². The zero-order valence-corrected chi connectivity index (χ0v) is 15.5. The van der Waals surface area contributed by atoms with E-state index in [1.165, 1.54) is 11.3 Å². The minimum atomic E-state index is -0.936. The van der Waals surface area contributed by atoms with Gasteiger partial charge in [-0.2, -0.15) is 0 Å². The Bertz CT molecular complexity index is 1120. The number of hydrogen-bond donors (Lipinski definition) is 1. The third-order valence-corrected chi connectivity index (χ3v) is 5.19. The van der Waals surface area contributed by atoms with Crippen molar-refractivity contribution in [1.29, 1.82) is 0 Å². The average Bonchev–Trinajstić information content (AvgIpc) is 3.19. The van der Waals surface area contributed by atoms with Gasteiger partial charge in [0.15, 0.2) is 0 Å². The van der Waals surface area contributed by atoms with Crippen LogP contribution in [0.4, 0.5) is 0 Å². The summed E-state index contributed by atoms with van der Waals surface area (Å²) < 4.78 is 0. The SMILES string of the molecule is O=C(O)c1cccc(-c2cccc(-c3csc(-c4ccc(Cl)nc4)n3)c2)c1. The topological polar surface area (TPSA) is 63.1 Å². The van der Waals surface area contributed by atoms with Crippen molar-refractivity contribution in [2.75, 3.05) is 0 Å². The lowest BCUT2D eigenvalue weighted by atomic mass is 10.0. The molecule has 2 aromatic carbocycles. The summed E-state index contributed by atoms with van der Waals surface area (Å²) in [5.74, 6) is -0.936. The second kappa shape index (κ2) is 7.31. The molecule has 0 saturated heterocycles. The fourth-order valence-corrected chi connectivity index (χ4v) is 3.66. The van der Waals surface area contributed by atoms with E-state index < -0.39 is 5.97 Å². The van der Waals surface area contributed by atoms with Crippen LogP contribution in [0, 0.1) is 0 Å². The van der Waals surface area contributed by atoms with Gasteiger partial charge in [-0.25, -0.2) is 14.8 Å². The highest BCUT2D eigenvalue weighted by molar-refractivity contribution is 7.13. The molecular formula is C21H13ClN2O2S. The molecule has 1 N–H and O–H groups in total. The second-order valence-corrected chi connectivity index (χ2v) is 7.12. The minimum absolute atomic E-state index is 0.268. The zero-order chi connectivity index (χ0) is 18.8. The predicted octanol–water partition coefficient (Wildman–Crippen LogP) is 5.89. The Labute approximate surface area is 164 Å². The van der Waals surface area contributed by atoms with Gasteiger partial charge in [0.1, 0.15) is 10.2 Å². The molecule has 0 aliphatic heterocycles. The van der Waals surface area contributed by atoms with Crippen molar-refractivity contribution >= 4 is 28.9 Å². The van der Waals surface area contributed by atoms with E-state index >= 15 is 0 Å². The van der Waals surface area contributed by atoms with Crippen molar-refractivity contribution in [1.82, 2.24) is 9.97 Å². The number of benzene rings is 2. The van der Waals surface area contributed by atoms with Crippen LogP contribution in [-0.2, 0) is 0 Å². The number of aromatic nitrogens is 2. The van der Waals surface area contributed by atoms with E-state index in [4.69, 9.17) is 16.6 Å². The molecule has 27 heavy (non-hydrogen) atoms. The fraction of sp³-hybridized carbons (Fsp3) is 0. The standard InChI is InChI=1S/C21H13ClN2O2S/c22-19-8-7-17(11-23-19)20-24-18(12-27-20)15-5-1-3-13(9-15)14-4-2-6-16(10-14)21(25)26/h1-12H,(H,25,26). The normalized spacial score (nSPS) is 10.7. The number of pyridine rings is 1. The maximum absolute atomic E-state index is 11.2. The lowest BCUT2D eigenvalue weighted by Gasteiger charge is -2.05. The first-order valence-electron chi connectivity index (χ1n) is 8.12. The molecule has 0 spiro atoms. The Morgan fingerprint density at radius 1 is 0.926 bits per heavy atom. The van der Waals surface area contributed by atoms with Gasteiger partial charge in [0.05, 0.1) is 11.3 Å². The van der Waals surface area contributed by atoms with Crippen LogP contribution >= 0.6 is 22.9 Å². The molecular weight excluding hydrogens is 380 g/mol. The first kappa shape index (κ1) is 17.4. The zero-order valence-electron chi connectivity index (χ0n) is 14.0. The number of aromatic carboxylic acids is 1. The smallest absolute Gasteiger partial charge is 0.335 e. The molecule has 0 radical (unpaired) electrons. The van der Waals surface area contributed by atoms with Crippen LogP contribution < -0.4 is 0 Å². The molecule has 4 rings (SSSR count). The summed E-state index contributed by atoms with van der Waals surface area (Å²) in [6, 6.07) is 18.5. The fourth-order valence-electron chi connectivity index (χ4n) is 2.73.